The van der Waals surface area contributed by atoms with Gasteiger partial charge in [-0.1, -0.05) is 36.2 Å². The average Bonchev–Trinajstić information content (AvgIpc) is 3.23. The van der Waals surface area contributed by atoms with E-state index in [1.165, 1.54) is 21.7 Å². The highest BCUT2D eigenvalue weighted by Crippen LogP contribution is 2.25. The summed E-state index contributed by atoms with van der Waals surface area (Å²) in [5.41, 5.74) is 3.35. The Morgan fingerprint density at radius 2 is 1.87 bits per heavy atom. The molecule has 2 heterocycles. The zero-order chi connectivity index (χ0) is 21.8. The standard InChI is InChI=1S/C23H25N3O3S2/c1-17-7-5-8-18(13-17)23-25-20(16-30-23)15-22(27)24-19-9-6-10-21(14-19)31(28,29)26-11-3-2-4-12-26/h5-10,13-14,16H,2-4,11-12,15H2,1H3,(H,24,27). The number of anilines is 1. The van der Waals surface area contributed by atoms with E-state index in [1.807, 2.05) is 30.5 Å². The molecule has 31 heavy (non-hydrogen) atoms. The summed E-state index contributed by atoms with van der Waals surface area (Å²) in [5.74, 6) is -0.228. The molecule has 0 bridgehead atoms. The van der Waals surface area contributed by atoms with E-state index in [9.17, 15) is 13.2 Å². The number of rotatable bonds is 6. The van der Waals surface area contributed by atoms with Crippen LogP contribution < -0.4 is 5.32 Å². The first-order valence-corrected chi connectivity index (χ1v) is 12.7. The minimum absolute atomic E-state index is 0.130. The molecule has 8 heteroatoms. The van der Waals surface area contributed by atoms with E-state index in [2.05, 4.69) is 16.4 Å². The number of nitrogens with one attached hydrogen (secondary N) is 1. The molecule has 0 atom stereocenters. The van der Waals surface area contributed by atoms with Crippen molar-refractivity contribution in [3.63, 3.8) is 0 Å². The monoisotopic (exact) mass is 455 g/mol. The van der Waals surface area contributed by atoms with Crippen molar-refractivity contribution < 1.29 is 13.2 Å². The Kier molecular flexibility index (Phi) is 6.50. The molecule has 1 fully saturated rings. The molecule has 4 rings (SSSR count). The predicted octanol–water partition coefficient (Wildman–Crippen LogP) is 4.47. The molecule has 0 spiro atoms. The van der Waals surface area contributed by atoms with Gasteiger partial charge in [0, 0.05) is 29.7 Å². The average molecular weight is 456 g/mol. The Hall–Kier alpha value is -2.55. The van der Waals surface area contributed by atoms with Crippen LogP contribution in [0.3, 0.4) is 0 Å². The molecule has 6 nitrogen and oxygen atoms in total. The fourth-order valence-corrected chi connectivity index (χ4v) is 6.04. The van der Waals surface area contributed by atoms with Crippen LogP contribution in [0.2, 0.25) is 0 Å². The van der Waals surface area contributed by atoms with Gasteiger partial charge >= 0.3 is 0 Å². The van der Waals surface area contributed by atoms with Gasteiger partial charge in [0.2, 0.25) is 15.9 Å². The van der Waals surface area contributed by atoms with Crippen LogP contribution in [0, 0.1) is 6.92 Å². The third-order valence-corrected chi connectivity index (χ3v) is 8.06. The Bertz CT molecular complexity index is 1180. The van der Waals surface area contributed by atoms with Crippen molar-refractivity contribution in [3.05, 3.63) is 65.2 Å². The number of aromatic nitrogens is 1. The van der Waals surface area contributed by atoms with Crippen LogP contribution in [0.25, 0.3) is 10.6 Å². The Balaban J connectivity index is 1.43. The fraction of sp³-hybridized carbons (Fsp3) is 0.304. The van der Waals surface area contributed by atoms with Crippen LogP contribution in [-0.4, -0.2) is 36.7 Å². The van der Waals surface area contributed by atoms with Gasteiger partial charge in [-0.15, -0.1) is 11.3 Å². The first-order valence-electron chi connectivity index (χ1n) is 10.3. The van der Waals surface area contributed by atoms with E-state index in [4.69, 9.17) is 0 Å². The summed E-state index contributed by atoms with van der Waals surface area (Å²) in [6, 6.07) is 14.6. The van der Waals surface area contributed by atoms with Crippen LogP contribution in [0.5, 0.6) is 0 Å². The summed E-state index contributed by atoms with van der Waals surface area (Å²) in [6.45, 7) is 3.13. The fourth-order valence-electron chi connectivity index (χ4n) is 3.66. The molecular weight excluding hydrogens is 430 g/mol. The second-order valence-electron chi connectivity index (χ2n) is 7.73. The molecule has 1 aromatic heterocycles. The first-order chi connectivity index (χ1) is 14.9. The Labute approximate surface area is 187 Å². The molecule has 0 unspecified atom stereocenters. The maximum absolute atomic E-state index is 12.9. The van der Waals surface area contributed by atoms with E-state index < -0.39 is 10.0 Å². The van der Waals surface area contributed by atoms with E-state index >= 15 is 0 Å². The largest absolute Gasteiger partial charge is 0.326 e. The highest BCUT2D eigenvalue weighted by molar-refractivity contribution is 7.89. The first kappa shape index (κ1) is 21.7. The molecule has 0 saturated carbocycles. The minimum atomic E-state index is -3.54. The van der Waals surface area contributed by atoms with E-state index in [1.54, 1.807) is 18.2 Å². The summed E-state index contributed by atoms with van der Waals surface area (Å²) in [7, 11) is -3.54. The molecule has 1 aliphatic rings. The number of carbonyl (C=O) groups is 1. The maximum atomic E-state index is 12.9. The SMILES string of the molecule is Cc1cccc(-c2nc(CC(=O)Nc3cccc(S(=O)(=O)N4CCCCC4)c3)cs2)c1. The number of sulfonamides is 1. The van der Waals surface area contributed by atoms with Gasteiger partial charge in [-0.3, -0.25) is 4.79 Å². The molecule has 1 amide bonds. The van der Waals surface area contributed by atoms with Gasteiger partial charge < -0.3 is 5.32 Å². The lowest BCUT2D eigenvalue weighted by molar-refractivity contribution is -0.115. The van der Waals surface area contributed by atoms with Crippen LogP contribution in [0.1, 0.15) is 30.5 Å². The second-order valence-corrected chi connectivity index (χ2v) is 10.5. The molecule has 0 aliphatic carbocycles. The molecule has 1 N–H and O–H groups in total. The third kappa shape index (κ3) is 5.20. The maximum Gasteiger partial charge on any atom is 0.243 e. The number of piperidine rings is 1. The second kappa shape index (κ2) is 9.30. The van der Waals surface area contributed by atoms with Crippen molar-refractivity contribution in [1.29, 1.82) is 0 Å². The van der Waals surface area contributed by atoms with Crippen molar-refractivity contribution in [2.75, 3.05) is 18.4 Å². The molecule has 0 radical (unpaired) electrons. The van der Waals surface area contributed by atoms with Crippen molar-refractivity contribution in [2.24, 2.45) is 0 Å². The number of amides is 1. The molecule has 1 saturated heterocycles. The quantitative estimate of drug-likeness (QED) is 0.595. The van der Waals surface area contributed by atoms with Crippen molar-refractivity contribution in [1.82, 2.24) is 9.29 Å². The topological polar surface area (TPSA) is 79.4 Å². The molecule has 162 valence electrons. The molecule has 3 aromatic rings. The lowest BCUT2D eigenvalue weighted by Crippen LogP contribution is -2.35. The number of benzene rings is 2. The normalized spacial score (nSPS) is 15.0. The van der Waals surface area contributed by atoms with E-state index in [-0.39, 0.29) is 17.2 Å². The van der Waals surface area contributed by atoms with E-state index in [0.717, 1.165) is 35.4 Å². The van der Waals surface area contributed by atoms with Gasteiger partial charge in [0.25, 0.3) is 0 Å². The molecule has 2 aromatic carbocycles. The van der Waals surface area contributed by atoms with Crippen LogP contribution in [-0.2, 0) is 21.2 Å². The molecular formula is C23H25N3O3S2. The third-order valence-electron chi connectivity index (χ3n) is 5.23. The van der Waals surface area contributed by atoms with Crippen LogP contribution >= 0.6 is 11.3 Å². The van der Waals surface area contributed by atoms with Crippen molar-refractivity contribution in [3.8, 4) is 10.6 Å². The number of carbonyl (C=O) groups excluding carboxylic acids is 1. The predicted molar refractivity (Wildman–Crippen MR) is 124 cm³/mol. The Morgan fingerprint density at radius 1 is 1.10 bits per heavy atom. The number of hydrogen-bond donors (Lipinski definition) is 1. The van der Waals surface area contributed by atoms with Gasteiger partial charge in [-0.2, -0.15) is 4.31 Å². The van der Waals surface area contributed by atoms with Gasteiger partial charge in [0.15, 0.2) is 0 Å². The summed E-state index contributed by atoms with van der Waals surface area (Å²) in [6.07, 6.45) is 2.96. The zero-order valence-electron chi connectivity index (χ0n) is 17.4. The van der Waals surface area contributed by atoms with Gasteiger partial charge in [0.1, 0.15) is 5.01 Å². The van der Waals surface area contributed by atoms with Crippen LogP contribution in [0.4, 0.5) is 5.69 Å². The van der Waals surface area contributed by atoms with Gasteiger partial charge in [-0.25, -0.2) is 13.4 Å². The minimum Gasteiger partial charge on any atom is -0.326 e. The zero-order valence-corrected chi connectivity index (χ0v) is 19.0. The Morgan fingerprint density at radius 3 is 2.65 bits per heavy atom. The summed E-state index contributed by atoms with van der Waals surface area (Å²) < 4.78 is 27.3. The van der Waals surface area contributed by atoms with E-state index in [0.29, 0.717) is 24.5 Å². The summed E-state index contributed by atoms with van der Waals surface area (Å²) in [4.78, 5) is 17.3. The van der Waals surface area contributed by atoms with Crippen LogP contribution in [0.15, 0.2) is 58.8 Å². The lowest BCUT2D eigenvalue weighted by Gasteiger charge is -2.26. The summed E-state index contributed by atoms with van der Waals surface area (Å²) >= 11 is 1.51. The van der Waals surface area contributed by atoms with Gasteiger partial charge in [0.05, 0.1) is 17.0 Å². The number of nitrogens with zero attached hydrogens (tertiary/aromatic N) is 2. The van der Waals surface area contributed by atoms with Crippen molar-refractivity contribution in [2.45, 2.75) is 37.5 Å². The van der Waals surface area contributed by atoms with Gasteiger partial charge in [-0.05, 0) is 44.0 Å². The summed E-state index contributed by atoms with van der Waals surface area (Å²) in [5, 5.41) is 5.57. The number of thiazole rings is 1. The number of hydrogen-bond acceptors (Lipinski definition) is 5. The molecule has 1 aliphatic heterocycles. The number of aryl methyl sites for hydroxylation is 1. The lowest BCUT2D eigenvalue weighted by atomic mass is 10.1. The smallest absolute Gasteiger partial charge is 0.243 e. The highest BCUT2D eigenvalue weighted by Gasteiger charge is 2.26. The highest BCUT2D eigenvalue weighted by atomic mass is 32.2. The van der Waals surface area contributed by atoms with Crippen molar-refractivity contribution >= 4 is 33.0 Å².